The molecule has 18 N–H and O–H groups in total. The minimum absolute atomic E-state index is 0.0172. The van der Waals surface area contributed by atoms with Crippen LogP contribution < -0.4 is 54.2 Å². The fraction of sp³-hybridized carbons (Fsp3) is 0.284. The number of nitrogen functional groups attached to an aromatic ring is 1. The monoisotopic (exact) mass is 1410 g/mol. The molecule has 32 nitrogen and oxygen atoms in total. The van der Waals surface area contributed by atoms with Gasteiger partial charge >= 0.3 is 17.9 Å². The standard InChI is InChI=1S/C67H67N17O15S2/c68-65(69)71-18-3-4-33(22-41(85)13-16-46(63(96)97)79-57(90)32-7-9-37(10-8-32)72-28-40-29-73-56-55(75-40)61(94)83-66(70)82-56)58(91)80-48(25-54(88)89)60(93)81-50(64(98)99)31-101-100-19-17-53(87)74-38-11-14-44-34(20-38)23-47(77-44)59(92)76-39-12-15-45-35(21-39)24-49(78-45)62(95)84-30-36-27-67(36)43-6-2-1-5-42(43)51(86)26-52(67)84/h1-2,5-12,14-15,20-21,23-24,26,29,33,36,46,48,50,72,77-78H,3-4,13,16-19,22,25,27-28,30-31H2,(H,74,87)(H,76,92)(H,79,90)(H,80,91)(H,81,93)(H,88,89)(H,96,97)(H,98,99)(H4,68,69,71)(H3,70,73,82,83,94)/t33-,36?,46+,48+,50?,67?/m0/s1. The number of hydrogen-bond donors (Lipinski definition) is 16. The largest absolute Gasteiger partial charge is 0.481 e. The molecule has 4 aromatic carbocycles. The fourth-order valence-corrected chi connectivity index (χ4v) is 14.4. The molecule has 0 bridgehead atoms. The van der Waals surface area contributed by atoms with Gasteiger partial charge in [0, 0.05) is 117 Å². The molecule has 6 atom stereocenters. The van der Waals surface area contributed by atoms with Crippen molar-refractivity contribution >= 4 is 148 Å². The second kappa shape index (κ2) is 30.4. The van der Waals surface area contributed by atoms with Gasteiger partial charge in [-0.3, -0.25) is 58.3 Å². The number of carbonyl (C=O) groups is 11. The van der Waals surface area contributed by atoms with E-state index in [1.165, 1.54) is 30.5 Å². The van der Waals surface area contributed by atoms with Gasteiger partial charge in [-0.1, -0.05) is 45.9 Å². The summed E-state index contributed by atoms with van der Waals surface area (Å²) in [6.45, 7) is 0.688. The second-order valence-corrected chi connectivity index (χ2v) is 27.0. The molecule has 522 valence electrons. The van der Waals surface area contributed by atoms with Gasteiger partial charge in [-0.15, -0.1) is 0 Å². The van der Waals surface area contributed by atoms with Gasteiger partial charge in [0.2, 0.25) is 23.7 Å². The van der Waals surface area contributed by atoms with E-state index in [-0.39, 0.29) is 101 Å². The maximum absolute atomic E-state index is 14.0. The molecule has 0 radical (unpaired) electrons. The van der Waals surface area contributed by atoms with E-state index in [9.17, 15) is 72.9 Å². The van der Waals surface area contributed by atoms with Crippen LogP contribution in [0.3, 0.4) is 0 Å². The number of aliphatic carboxylic acids is 3. The van der Waals surface area contributed by atoms with Crippen molar-refractivity contribution in [3.63, 3.8) is 0 Å². The Hall–Kier alpha value is -11.9. The van der Waals surface area contributed by atoms with Crippen LogP contribution in [0.2, 0.25) is 0 Å². The van der Waals surface area contributed by atoms with E-state index < -0.39 is 109 Å². The number of carbonyl (C=O) groups excluding carboxylic acids is 8. The molecule has 2 fully saturated rings. The Labute approximate surface area is 579 Å². The van der Waals surface area contributed by atoms with Gasteiger partial charge in [0.05, 0.1) is 24.9 Å². The average molecular weight is 1410 g/mol. The Morgan fingerprint density at radius 1 is 0.723 bits per heavy atom. The first-order valence-electron chi connectivity index (χ1n) is 31.7. The number of aromatic amines is 3. The van der Waals surface area contributed by atoms with Gasteiger partial charge in [-0.25, -0.2) is 19.6 Å². The van der Waals surface area contributed by atoms with Crippen LogP contribution >= 0.6 is 21.6 Å². The minimum Gasteiger partial charge on any atom is -0.481 e. The molecule has 1 spiro atoms. The lowest BCUT2D eigenvalue weighted by Crippen LogP contribution is -2.54. The van der Waals surface area contributed by atoms with Crippen LogP contribution in [0.1, 0.15) is 104 Å². The van der Waals surface area contributed by atoms with Crippen LogP contribution in [0.4, 0.5) is 23.0 Å². The van der Waals surface area contributed by atoms with Crippen molar-refractivity contribution < 1.29 is 68.1 Å². The van der Waals surface area contributed by atoms with Crippen molar-refractivity contribution in [2.75, 3.05) is 46.3 Å². The maximum atomic E-state index is 14.0. The Bertz CT molecular complexity index is 4790. The number of fused-ring (bicyclic) bond motifs is 4. The summed E-state index contributed by atoms with van der Waals surface area (Å²) in [7, 11) is 2.11. The number of amides is 6. The highest BCUT2D eigenvalue weighted by Crippen LogP contribution is 2.66. The molecule has 1 saturated heterocycles. The fourth-order valence-electron chi connectivity index (χ4n) is 12.3. The molecule has 34 heteroatoms. The number of rotatable bonds is 32. The number of piperidine rings is 1. The number of anilines is 4. The summed E-state index contributed by atoms with van der Waals surface area (Å²) in [4.78, 5) is 179. The Balaban J connectivity index is 0.618. The molecule has 3 aliphatic rings. The summed E-state index contributed by atoms with van der Waals surface area (Å²) in [6.07, 6.45) is 1.52. The third kappa shape index (κ3) is 16.6. The number of nitrogens with one attached hydrogen (secondary N) is 11. The van der Waals surface area contributed by atoms with Crippen LogP contribution in [0.25, 0.3) is 33.0 Å². The molecule has 4 aromatic heterocycles. The molecule has 8 aromatic rings. The van der Waals surface area contributed by atoms with Crippen molar-refractivity contribution in [1.82, 2.24) is 56.1 Å². The normalized spacial score (nSPS) is 16.1. The summed E-state index contributed by atoms with van der Waals surface area (Å²) in [5.74, 6) is -10.9. The highest BCUT2D eigenvalue weighted by atomic mass is 33.1. The zero-order chi connectivity index (χ0) is 71.8. The third-order valence-corrected chi connectivity index (χ3v) is 19.8. The van der Waals surface area contributed by atoms with E-state index in [1.54, 1.807) is 59.5 Å². The molecule has 1 aliphatic heterocycles. The number of ketones is 2. The molecule has 6 amide bonds. The number of H-pyrrole nitrogens is 3. The number of benzene rings is 4. The van der Waals surface area contributed by atoms with Crippen molar-refractivity contribution in [2.24, 2.45) is 17.6 Å². The number of carboxylic acids is 3. The summed E-state index contributed by atoms with van der Waals surface area (Å²) in [5.41, 5.74) is 16.2. The van der Waals surface area contributed by atoms with Crippen LogP contribution in [0.15, 0.2) is 120 Å². The Morgan fingerprint density at radius 2 is 1.41 bits per heavy atom. The summed E-state index contributed by atoms with van der Waals surface area (Å²) < 4.78 is 0. The highest BCUT2D eigenvalue weighted by molar-refractivity contribution is 8.76. The molecule has 3 unspecified atom stereocenters. The van der Waals surface area contributed by atoms with Gasteiger partial charge in [-0.2, -0.15) is 4.98 Å². The smallest absolute Gasteiger partial charge is 0.327 e. The van der Waals surface area contributed by atoms with Crippen LogP contribution in [0, 0.1) is 17.2 Å². The van der Waals surface area contributed by atoms with E-state index in [0.29, 0.717) is 62.4 Å². The van der Waals surface area contributed by atoms with Gasteiger partial charge in [0.1, 0.15) is 35.3 Å². The quantitative estimate of drug-likeness (QED) is 0.0120. The lowest BCUT2D eigenvalue weighted by Gasteiger charge is -2.29. The molecule has 2 aliphatic carbocycles. The predicted molar refractivity (Wildman–Crippen MR) is 373 cm³/mol. The molecular formula is C67H67N17O15S2. The van der Waals surface area contributed by atoms with Crippen LogP contribution in [-0.4, -0.2) is 164 Å². The van der Waals surface area contributed by atoms with E-state index in [0.717, 1.165) is 39.3 Å². The Morgan fingerprint density at radius 3 is 2.12 bits per heavy atom. The third-order valence-electron chi connectivity index (χ3n) is 17.4. The first kappa shape index (κ1) is 70.4. The van der Waals surface area contributed by atoms with E-state index in [1.807, 2.05) is 24.3 Å². The molecular weight excluding hydrogens is 1350 g/mol. The van der Waals surface area contributed by atoms with Crippen molar-refractivity contribution in [1.29, 1.82) is 5.41 Å². The van der Waals surface area contributed by atoms with E-state index in [2.05, 4.69) is 67.1 Å². The lowest BCUT2D eigenvalue weighted by atomic mass is 9.81. The van der Waals surface area contributed by atoms with Crippen LogP contribution in [0.5, 0.6) is 0 Å². The summed E-state index contributed by atoms with van der Waals surface area (Å²) >= 11 is 0. The second-order valence-electron chi connectivity index (χ2n) is 24.4. The van der Waals surface area contributed by atoms with E-state index in [4.69, 9.17) is 16.9 Å². The van der Waals surface area contributed by atoms with Gasteiger partial charge in [-0.05, 0) is 110 Å². The number of aromatic nitrogens is 6. The van der Waals surface area contributed by atoms with Gasteiger partial charge in [0.25, 0.3) is 23.3 Å². The predicted octanol–water partition coefficient (Wildman–Crippen LogP) is 4.36. The maximum Gasteiger partial charge on any atom is 0.327 e. The van der Waals surface area contributed by atoms with Gasteiger partial charge in [0.15, 0.2) is 22.9 Å². The van der Waals surface area contributed by atoms with Gasteiger partial charge < -0.3 is 78.9 Å². The average Bonchev–Trinajstić information content (AvgIpc) is 1.50. The molecule has 1 saturated carbocycles. The van der Waals surface area contributed by atoms with Crippen molar-refractivity contribution in [3.8, 4) is 0 Å². The summed E-state index contributed by atoms with van der Waals surface area (Å²) in [5, 5.41) is 56.9. The zero-order valence-electron chi connectivity index (χ0n) is 53.5. The zero-order valence-corrected chi connectivity index (χ0v) is 55.1. The SMILES string of the molecule is N=C(N)NCCC[C@@H](CC(=O)CC[C@@H](NC(=O)c1ccc(NCc2cnc3nc(N)[nH]c(=O)c3n2)cc1)C(=O)O)C(=O)N[C@H](CC(=O)O)C(=O)NC(CSSCCC(=O)Nc1ccc2[nH]c(C(=O)Nc3ccc4[nH]c(C(=O)N5CC6CC67C5=CC(=O)c5ccccc57)cc4c3)cc2c1)C(=O)O. The number of likely N-dealkylation sites (tertiary alicyclic amines) is 1. The van der Waals surface area contributed by atoms with Crippen molar-refractivity contribution in [2.45, 2.75) is 81.5 Å². The number of Topliss-reactive ketones (excluding diaryl/α,β-unsaturated/α-hetero) is 1. The number of nitrogens with zero attached hydrogens (tertiary/aromatic N) is 4. The summed E-state index contributed by atoms with van der Waals surface area (Å²) in [6, 6.07) is 22.0. The highest BCUT2D eigenvalue weighted by Gasteiger charge is 2.67. The van der Waals surface area contributed by atoms with Crippen LogP contribution in [-0.2, 0) is 45.5 Å². The first-order chi connectivity index (χ1) is 48.4. The lowest BCUT2D eigenvalue weighted by molar-refractivity contribution is -0.143. The number of nitrogens with two attached hydrogens (primary N) is 2. The molecule has 11 rings (SSSR count). The first-order valence-corrected chi connectivity index (χ1v) is 34.2. The Kier molecular flexibility index (Phi) is 21.2. The minimum atomic E-state index is -1.84. The number of guanidine groups is 1. The number of allylic oxidation sites excluding steroid dienone is 2. The number of hydrogen-bond acceptors (Lipinski definition) is 20. The molecule has 101 heavy (non-hydrogen) atoms. The van der Waals surface area contributed by atoms with E-state index >= 15 is 0 Å². The molecule has 5 heterocycles. The topological polar surface area (TPSA) is 515 Å². The number of carboxylic acid groups (broad SMARTS) is 3. The van der Waals surface area contributed by atoms with Crippen molar-refractivity contribution in [3.05, 3.63) is 159 Å².